The second kappa shape index (κ2) is 8.40. The normalized spacial score (nSPS) is 10.7. The molecule has 0 spiro atoms. The summed E-state index contributed by atoms with van der Waals surface area (Å²) in [6, 6.07) is 34.9. The van der Waals surface area contributed by atoms with Crippen molar-refractivity contribution in [3.05, 3.63) is 121 Å². The molecule has 31 heavy (non-hydrogen) atoms. The van der Waals surface area contributed by atoms with Gasteiger partial charge < -0.3 is 0 Å². The summed E-state index contributed by atoms with van der Waals surface area (Å²) in [5.74, 6) is -0.264. The second-order valence-electron chi connectivity index (χ2n) is 7.31. The highest BCUT2D eigenvalue weighted by molar-refractivity contribution is 6.84. The van der Waals surface area contributed by atoms with Crippen LogP contribution in [0.1, 0.15) is 0 Å². The zero-order valence-corrected chi connectivity index (χ0v) is 16.8. The maximum atomic E-state index is 13.5. The van der Waals surface area contributed by atoms with Gasteiger partial charge in [0.15, 0.2) is 0 Å². The molecule has 0 amide bonds. The first kappa shape index (κ1) is 19.0. The molecule has 0 atom stereocenters. The fourth-order valence-corrected chi connectivity index (χ4v) is 3.80. The van der Waals surface area contributed by atoms with Crippen molar-refractivity contribution in [2.24, 2.45) is 0 Å². The molecule has 5 aromatic rings. The van der Waals surface area contributed by atoms with Crippen LogP contribution in [0.5, 0.6) is 0 Å². The van der Waals surface area contributed by atoms with E-state index in [2.05, 4.69) is 29.2 Å². The number of rotatable bonds is 5. The lowest BCUT2D eigenvalue weighted by Gasteiger charge is -2.17. The summed E-state index contributed by atoms with van der Waals surface area (Å²) in [7, 11) is 0. The lowest BCUT2D eigenvalue weighted by Crippen LogP contribution is -2.49. The van der Waals surface area contributed by atoms with E-state index in [4.69, 9.17) is 5.10 Å². The van der Waals surface area contributed by atoms with Crippen molar-refractivity contribution in [1.82, 2.24) is 14.7 Å². The van der Waals surface area contributed by atoms with E-state index < -0.39 is 0 Å². The topological polar surface area (TPSA) is 30.7 Å². The Morgan fingerprint density at radius 3 is 1.84 bits per heavy atom. The first-order valence-corrected chi connectivity index (χ1v) is 10.2. The molecule has 0 saturated heterocycles. The molecule has 0 aliphatic carbocycles. The molecule has 0 fully saturated rings. The molecule has 0 aliphatic rings. The van der Waals surface area contributed by atoms with Crippen molar-refractivity contribution >= 4 is 17.8 Å². The lowest BCUT2D eigenvalue weighted by molar-refractivity contribution is 0.628. The zero-order chi connectivity index (χ0) is 21.0. The number of nitrogens with zero attached hydrogens (tertiary/aromatic N) is 3. The van der Waals surface area contributed by atoms with Gasteiger partial charge in [0.05, 0.1) is 17.1 Å². The third-order valence-electron chi connectivity index (χ3n) is 5.28. The van der Waals surface area contributed by atoms with Crippen LogP contribution in [-0.4, -0.2) is 21.5 Å². The summed E-state index contributed by atoms with van der Waals surface area (Å²) in [5.41, 5.74) is 5.62. The van der Waals surface area contributed by atoms with Crippen LogP contribution in [0.2, 0.25) is 0 Å². The van der Waals surface area contributed by atoms with Crippen LogP contribution in [0.15, 0.2) is 115 Å². The molecule has 5 heteroatoms. The molecule has 0 bridgehead atoms. The Morgan fingerprint density at radius 2 is 1.26 bits per heavy atom. The van der Waals surface area contributed by atoms with E-state index in [0.29, 0.717) is 0 Å². The van der Waals surface area contributed by atoms with E-state index in [1.165, 1.54) is 12.1 Å². The third kappa shape index (κ3) is 3.90. The Morgan fingerprint density at radius 1 is 0.645 bits per heavy atom. The van der Waals surface area contributed by atoms with Gasteiger partial charge >= 0.3 is 6.85 Å². The molecule has 0 N–H and O–H groups in total. The van der Waals surface area contributed by atoms with Crippen LogP contribution in [0.25, 0.3) is 22.6 Å². The predicted octanol–water partition coefficient (Wildman–Crippen LogP) is 4.41. The van der Waals surface area contributed by atoms with Crippen molar-refractivity contribution in [1.29, 1.82) is 0 Å². The van der Waals surface area contributed by atoms with E-state index in [9.17, 15) is 4.39 Å². The first-order valence-electron chi connectivity index (χ1n) is 10.2. The van der Waals surface area contributed by atoms with Gasteiger partial charge in [0.1, 0.15) is 5.82 Å². The molecule has 0 unspecified atom stereocenters. The molecule has 3 aromatic carbocycles. The molecule has 0 aliphatic heterocycles. The number of pyridine rings is 1. The van der Waals surface area contributed by atoms with Gasteiger partial charge in [-0.1, -0.05) is 66.7 Å². The van der Waals surface area contributed by atoms with Gasteiger partial charge in [0.25, 0.3) is 0 Å². The van der Waals surface area contributed by atoms with Gasteiger partial charge in [-0.25, -0.2) is 4.39 Å². The number of hydrogen-bond acceptors (Lipinski definition) is 2. The molecule has 0 radical (unpaired) electrons. The maximum Gasteiger partial charge on any atom is 0.349 e. The number of benzene rings is 3. The van der Waals surface area contributed by atoms with Crippen molar-refractivity contribution < 1.29 is 4.39 Å². The van der Waals surface area contributed by atoms with Crippen molar-refractivity contribution in [3.63, 3.8) is 0 Å². The summed E-state index contributed by atoms with van der Waals surface area (Å²) in [6.45, 7) is -0.131. The summed E-state index contributed by atoms with van der Waals surface area (Å²) in [6.07, 6.45) is 1.78. The Hall–Kier alpha value is -3.99. The third-order valence-corrected chi connectivity index (χ3v) is 5.28. The van der Waals surface area contributed by atoms with Crippen molar-refractivity contribution in [2.45, 2.75) is 0 Å². The van der Waals surface area contributed by atoms with Gasteiger partial charge in [-0.2, -0.15) is 5.10 Å². The lowest BCUT2D eigenvalue weighted by atomic mass is 9.50. The maximum absolute atomic E-state index is 13.5. The largest absolute Gasteiger partial charge is 0.349 e. The highest BCUT2D eigenvalue weighted by Crippen LogP contribution is 2.25. The highest BCUT2D eigenvalue weighted by Gasteiger charge is 2.27. The monoisotopic (exact) mass is 403 g/mol. The van der Waals surface area contributed by atoms with Crippen LogP contribution in [0.3, 0.4) is 0 Å². The molecule has 148 valence electrons. The zero-order valence-electron chi connectivity index (χ0n) is 16.8. The molecular weight excluding hydrogens is 384 g/mol. The van der Waals surface area contributed by atoms with Crippen LogP contribution < -0.4 is 10.9 Å². The minimum atomic E-state index is -0.264. The van der Waals surface area contributed by atoms with Gasteiger partial charge in [0, 0.05) is 11.8 Å². The van der Waals surface area contributed by atoms with Crippen LogP contribution >= 0.6 is 0 Å². The molecule has 3 nitrogen and oxygen atoms in total. The predicted molar refractivity (Wildman–Crippen MR) is 124 cm³/mol. The molecule has 2 heterocycles. The van der Waals surface area contributed by atoms with Gasteiger partial charge in [-0.3, -0.25) is 9.58 Å². The van der Waals surface area contributed by atoms with Crippen LogP contribution in [0.4, 0.5) is 4.39 Å². The summed E-state index contributed by atoms with van der Waals surface area (Å²) >= 11 is 0. The average Bonchev–Trinajstić information content (AvgIpc) is 3.27. The summed E-state index contributed by atoms with van der Waals surface area (Å²) < 4.78 is 15.5. The summed E-state index contributed by atoms with van der Waals surface area (Å²) in [4.78, 5) is 4.58. The Bertz CT molecular complexity index is 1230. The van der Waals surface area contributed by atoms with Crippen LogP contribution in [0, 0.1) is 5.82 Å². The van der Waals surface area contributed by atoms with Crippen molar-refractivity contribution in [2.75, 3.05) is 0 Å². The molecule has 0 saturated carbocycles. The number of aromatic nitrogens is 3. The smallest absolute Gasteiger partial charge is 0.296 e. The molecule has 5 rings (SSSR count). The average molecular weight is 403 g/mol. The Labute approximate surface area is 180 Å². The van der Waals surface area contributed by atoms with Gasteiger partial charge in [0.2, 0.25) is 0 Å². The van der Waals surface area contributed by atoms with E-state index >= 15 is 0 Å². The molecular formula is C26H19BFN3. The van der Waals surface area contributed by atoms with Crippen molar-refractivity contribution in [3.8, 4) is 22.6 Å². The van der Waals surface area contributed by atoms with Gasteiger partial charge in [-0.05, 0) is 53.4 Å². The van der Waals surface area contributed by atoms with E-state index in [0.717, 1.165) is 33.6 Å². The Balaban J connectivity index is 1.74. The summed E-state index contributed by atoms with van der Waals surface area (Å²) in [5, 5.41) is 4.99. The van der Waals surface area contributed by atoms with Gasteiger partial charge in [-0.15, -0.1) is 0 Å². The SMILES string of the molecule is Fc1ccc(-c2cc(-c3ccccn3)n(B(c3ccccc3)c3ccccc3)n2)cc1. The number of hydrogen-bond donors (Lipinski definition) is 0. The highest BCUT2D eigenvalue weighted by atomic mass is 19.1. The molecule has 2 aromatic heterocycles. The quantitative estimate of drug-likeness (QED) is 0.407. The number of halogens is 1. The standard InChI is InChI=1S/C26H19BFN3/c28-23-16-14-20(15-17-23)25-19-26(24-13-7-8-18-29-24)31(30-25)27(21-9-3-1-4-10-21)22-11-5-2-6-12-22/h1-19H. The van der Waals surface area contributed by atoms with E-state index in [-0.39, 0.29) is 12.7 Å². The fourth-order valence-electron chi connectivity index (χ4n) is 3.80. The second-order valence-corrected chi connectivity index (χ2v) is 7.31. The minimum absolute atomic E-state index is 0.131. The Kier molecular flexibility index (Phi) is 5.15. The first-order chi connectivity index (χ1) is 15.3. The fraction of sp³-hybridized carbons (Fsp3) is 0. The van der Waals surface area contributed by atoms with E-state index in [1.54, 1.807) is 18.3 Å². The van der Waals surface area contributed by atoms with E-state index in [1.807, 2.05) is 65.3 Å². The van der Waals surface area contributed by atoms with Crippen LogP contribution in [-0.2, 0) is 0 Å². The minimum Gasteiger partial charge on any atom is -0.296 e.